The van der Waals surface area contributed by atoms with E-state index in [4.69, 9.17) is 15.9 Å². The van der Waals surface area contributed by atoms with Crippen molar-refractivity contribution in [3.63, 3.8) is 0 Å². The van der Waals surface area contributed by atoms with Crippen molar-refractivity contribution in [1.29, 1.82) is 5.41 Å². The topological polar surface area (TPSA) is 88.2 Å². The van der Waals surface area contributed by atoms with E-state index in [1.807, 2.05) is 36.4 Å². The van der Waals surface area contributed by atoms with Crippen LogP contribution in [0, 0.1) is 5.41 Å². The van der Waals surface area contributed by atoms with Crippen molar-refractivity contribution in [2.75, 3.05) is 6.61 Å². The molecule has 0 aliphatic rings. The molecule has 1 amide bonds. The maximum absolute atomic E-state index is 12.7. The molecular formula is C27H33N3O2S. The number of hydrogen-bond donors (Lipinski definition) is 4. The molecule has 2 aromatic carbocycles. The van der Waals surface area contributed by atoms with Crippen molar-refractivity contribution in [3.8, 4) is 0 Å². The van der Waals surface area contributed by atoms with Gasteiger partial charge < -0.3 is 15.8 Å². The van der Waals surface area contributed by atoms with Gasteiger partial charge in [-0.3, -0.25) is 10.2 Å². The average molecular weight is 464 g/mol. The first-order valence-corrected chi connectivity index (χ1v) is 11.5. The van der Waals surface area contributed by atoms with Gasteiger partial charge >= 0.3 is 0 Å². The third-order valence-corrected chi connectivity index (χ3v) is 5.40. The molecule has 5 nitrogen and oxygen atoms in total. The highest BCUT2D eigenvalue weighted by Gasteiger charge is 2.15. The van der Waals surface area contributed by atoms with Gasteiger partial charge in [-0.15, -0.1) is 19.2 Å². The second kappa shape index (κ2) is 14.0. The Bertz CT molecular complexity index is 1000. The molecule has 0 radical (unpaired) electrons. The molecule has 0 aliphatic heterocycles. The summed E-state index contributed by atoms with van der Waals surface area (Å²) in [6.07, 6.45) is 9.87. The number of amides is 1. The van der Waals surface area contributed by atoms with Crippen LogP contribution in [-0.2, 0) is 4.74 Å². The summed E-state index contributed by atoms with van der Waals surface area (Å²) in [5, 5.41) is 11.2. The molecule has 33 heavy (non-hydrogen) atoms. The second-order valence-electron chi connectivity index (χ2n) is 7.71. The lowest BCUT2D eigenvalue weighted by molar-refractivity contribution is 0.0915. The summed E-state index contributed by atoms with van der Waals surface area (Å²) in [7, 11) is 0. The maximum Gasteiger partial charge on any atom is 0.251 e. The Morgan fingerprint density at radius 2 is 1.94 bits per heavy atom. The zero-order valence-corrected chi connectivity index (χ0v) is 19.8. The van der Waals surface area contributed by atoms with Gasteiger partial charge in [0.25, 0.3) is 5.91 Å². The van der Waals surface area contributed by atoms with E-state index >= 15 is 0 Å². The molecule has 0 saturated carbocycles. The molecule has 0 spiro atoms. The summed E-state index contributed by atoms with van der Waals surface area (Å²) < 4.78 is 5.66. The van der Waals surface area contributed by atoms with Crippen LogP contribution in [0.25, 0.3) is 11.8 Å². The van der Waals surface area contributed by atoms with E-state index < -0.39 is 0 Å². The Labute approximate surface area is 202 Å². The molecule has 2 aromatic rings. The summed E-state index contributed by atoms with van der Waals surface area (Å²) in [5.41, 5.74) is 8.82. The van der Waals surface area contributed by atoms with E-state index in [9.17, 15) is 4.79 Å². The highest BCUT2D eigenvalue weighted by atomic mass is 32.1. The van der Waals surface area contributed by atoms with Gasteiger partial charge in [0, 0.05) is 27.8 Å². The van der Waals surface area contributed by atoms with Crippen LogP contribution in [0.1, 0.15) is 53.6 Å². The molecule has 0 aliphatic carbocycles. The number of rotatable bonds is 13. The summed E-state index contributed by atoms with van der Waals surface area (Å²) in [5.74, 6) is -0.248. The van der Waals surface area contributed by atoms with Crippen molar-refractivity contribution in [2.45, 2.75) is 43.0 Å². The summed E-state index contributed by atoms with van der Waals surface area (Å²) in [4.78, 5) is 13.4. The highest BCUT2D eigenvalue weighted by Crippen LogP contribution is 2.17. The zero-order chi connectivity index (χ0) is 24.1. The molecule has 0 bridgehead atoms. The van der Waals surface area contributed by atoms with Crippen LogP contribution in [0.4, 0.5) is 0 Å². The van der Waals surface area contributed by atoms with Crippen molar-refractivity contribution >= 4 is 36.2 Å². The molecule has 174 valence electrons. The largest absolute Gasteiger partial charge is 0.476 e. The van der Waals surface area contributed by atoms with Crippen LogP contribution in [-0.4, -0.2) is 24.5 Å². The fraction of sp³-hybridized carbons (Fsp3) is 0.259. The SMILES string of the molecule is C=CCCCCC[C@H](COC(=N)C=C(N)c1ccccc1C=C)NC(=O)c1cccc(S)c1. The van der Waals surface area contributed by atoms with E-state index in [0.29, 0.717) is 11.3 Å². The lowest BCUT2D eigenvalue weighted by Gasteiger charge is -2.19. The molecule has 2 rings (SSSR count). The molecule has 0 heterocycles. The first kappa shape index (κ1) is 26.0. The van der Waals surface area contributed by atoms with Crippen molar-refractivity contribution in [2.24, 2.45) is 5.73 Å². The Morgan fingerprint density at radius 1 is 1.15 bits per heavy atom. The molecular weight excluding hydrogens is 430 g/mol. The minimum Gasteiger partial charge on any atom is -0.476 e. The van der Waals surface area contributed by atoms with Gasteiger partial charge in [-0.1, -0.05) is 61.9 Å². The van der Waals surface area contributed by atoms with Gasteiger partial charge in [0.05, 0.1) is 6.04 Å². The number of hydrogen-bond acceptors (Lipinski definition) is 5. The van der Waals surface area contributed by atoms with Crippen LogP contribution in [0.15, 0.2) is 78.7 Å². The number of carbonyl (C=O) groups excluding carboxylic acids is 1. The summed E-state index contributed by atoms with van der Waals surface area (Å²) in [6.45, 7) is 7.73. The number of carbonyl (C=O) groups is 1. The van der Waals surface area contributed by atoms with E-state index in [2.05, 4.69) is 31.1 Å². The minimum atomic E-state index is -0.236. The van der Waals surface area contributed by atoms with E-state index in [0.717, 1.165) is 48.1 Å². The first-order valence-electron chi connectivity index (χ1n) is 11.1. The quantitative estimate of drug-likeness (QED) is 0.0988. The van der Waals surface area contributed by atoms with E-state index in [1.165, 1.54) is 6.08 Å². The molecule has 0 fully saturated rings. The predicted molar refractivity (Wildman–Crippen MR) is 141 cm³/mol. The normalized spacial score (nSPS) is 12.0. The lowest BCUT2D eigenvalue weighted by Crippen LogP contribution is -2.38. The number of nitrogens with one attached hydrogen (secondary N) is 2. The fourth-order valence-electron chi connectivity index (χ4n) is 3.36. The number of nitrogens with two attached hydrogens (primary N) is 1. The van der Waals surface area contributed by atoms with Gasteiger partial charge in [0.2, 0.25) is 5.90 Å². The number of unbranched alkanes of at least 4 members (excludes halogenated alkanes) is 3. The van der Waals surface area contributed by atoms with Gasteiger partial charge in [0.15, 0.2) is 0 Å². The Hall–Kier alpha value is -3.25. The number of thiol groups is 1. The molecule has 0 aromatic heterocycles. The third kappa shape index (κ3) is 9.02. The molecule has 6 heteroatoms. The van der Waals surface area contributed by atoms with Crippen molar-refractivity contribution < 1.29 is 9.53 Å². The standard InChI is InChI=1S/C27H33N3O2S/c1-3-5-6-7-8-14-22(30-27(31)21-13-11-15-23(33)17-21)19-32-26(29)18-25(28)24-16-10-9-12-20(24)4-2/h3-4,9-13,15-18,22,29,33H,1-2,5-8,14,19,28H2,(H,30,31)/t22-/m1/s1. The van der Waals surface area contributed by atoms with Crippen LogP contribution in [0.2, 0.25) is 0 Å². The minimum absolute atomic E-state index is 0.0605. The van der Waals surface area contributed by atoms with Crippen molar-refractivity contribution in [3.05, 3.63) is 90.5 Å². The van der Waals surface area contributed by atoms with Gasteiger partial charge in [0.1, 0.15) is 6.61 Å². The van der Waals surface area contributed by atoms with E-state index in [-0.39, 0.29) is 24.5 Å². The Kier molecular flexibility index (Phi) is 11.0. The fourth-order valence-corrected chi connectivity index (χ4v) is 3.58. The van der Waals surface area contributed by atoms with Gasteiger partial charge in [-0.2, -0.15) is 0 Å². The Morgan fingerprint density at radius 3 is 2.67 bits per heavy atom. The zero-order valence-electron chi connectivity index (χ0n) is 18.9. The van der Waals surface area contributed by atoms with Crippen LogP contribution in [0.3, 0.4) is 0 Å². The van der Waals surface area contributed by atoms with Crippen LogP contribution >= 0.6 is 12.6 Å². The lowest BCUT2D eigenvalue weighted by atomic mass is 10.0. The third-order valence-electron chi connectivity index (χ3n) is 5.12. The highest BCUT2D eigenvalue weighted by molar-refractivity contribution is 7.80. The summed E-state index contributed by atoms with van der Waals surface area (Å²) in [6, 6.07) is 14.4. The molecule has 0 saturated heterocycles. The number of benzene rings is 2. The Balaban J connectivity index is 2.01. The van der Waals surface area contributed by atoms with Gasteiger partial charge in [-0.05, 0) is 43.0 Å². The number of ether oxygens (including phenoxy) is 1. The first-order chi connectivity index (χ1) is 15.9. The van der Waals surface area contributed by atoms with Crippen LogP contribution in [0.5, 0.6) is 0 Å². The molecule has 1 atom stereocenters. The van der Waals surface area contributed by atoms with Crippen molar-refractivity contribution in [1.82, 2.24) is 5.32 Å². The predicted octanol–water partition coefficient (Wildman–Crippen LogP) is 5.85. The van der Waals surface area contributed by atoms with Crippen LogP contribution < -0.4 is 11.1 Å². The maximum atomic E-state index is 12.7. The smallest absolute Gasteiger partial charge is 0.251 e. The molecule has 0 unspecified atom stereocenters. The molecule has 4 N–H and O–H groups in total. The second-order valence-corrected chi connectivity index (χ2v) is 8.23. The average Bonchev–Trinajstić information content (AvgIpc) is 2.82. The summed E-state index contributed by atoms with van der Waals surface area (Å²) >= 11 is 4.31. The van der Waals surface area contributed by atoms with Gasteiger partial charge in [-0.25, -0.2) is 0 Å². The monoisotopic (exact) mass is 463 g/mol. The van der Waals surface area contributed by atoms with E-state index in [1.54, 1.807) is 24.3 Å². The number of allylic oxidation sites excluding steroid dienone is 1.